The first kappa shape index (κ1) is 15.5. The Kier molecular flexibility index (Phi) is 5.32. The van der Waals surface area contributed by atoms with E-state index in [9.17, 15) is 14.4 Å². The Morgan fingerprint density at radius 1 is 1.42 bits per heavy atom. The molecule has 1 rings (SSSR count). The number of carbonyl (C=O) groups excluding carboxylic acids is 2. The summed E-state index contributed by atoms with van der Waals surface area (Å²) in [5.41, 5.74) is 0. The zero-order valence-corrected chi connectivity index (χ0v) is 11.8. The highest BCUT2D eigenvalue weighted by molar-refractivity contribution is 5.85. The number of hydrogen-bond donors (Lipinski definition) is 1. The number of hydrogen-bond acceptors (Lipinski definition) is 3. The molecule has 108 valence electrons. The van der Waals surface area contributed by atoms with Gasteiger partial charge < -0.3 is 14.9 Å². The largest absolute Gasteiger partial charge is 0.480 e. The summed E-state index contributed by atoms with van der Waals surface area (Å²) in [6.45, 7) is 4.31. The molecular formula is C13H22N2O4. The molecule has 0 radical (unpaired) electrons. The highest BCUT2D eigenvalue weighted by Crippen LogP contribution is 2.20. The average molecular weight is 270 g/mol. The van der Waals surface area contributed by atoms with E-state index in [2.05, 4.69) is 0 Å². The first-order chi connectivity index (χ1) is 8.88. The van der Waals surface area contributed by atoms with Crippen LogP contribution in [-0.2, 0) is 14.4 Å². The Balaban J connectivity index is 2.71. The van der Waals surface area contributed by atoms with Crippen molar-refractivity contribution in [1.29, 1.82) is 0 Å². The van der Waals surface area contributed by atoms with Gasteiger partial charge in [-0.3, -0.25) is 9.59 Å². The number of carboxylic acid groups (broad SMARTS) is 1. The van der Waals surface area contributed by atoms with E-state index in [4.69, 9.17) is 5.11 Å². The van der Waals surface area contributed by atoms with E-state index < -0.39 is 12.0 Å². The molecule has 6 heteroatoms. The summed E-state index contributed by atoms with van der Waals surface area (Å²) in [5, 5.41) is 9.07. The van der Waals surface area contributed by atoms with Crippen LogP contribution in [0, 0.1) is 5.92 Å². The Morgan fingerprint density at radius 2 is 2.05 bits per heavy atom. The van der Waals surface area contributed by atoms with Gasteiger partial charge in [0, 0.05) is 27.1 Å². The van der Waals surface area contributed by atoms with Crippen molar-refractivity contribution in [2.75, 3.05) is 20.1 Å². The maximum atomic E-state index is 12.3. The monoisotopic (exact) mass is 270 g/mol. The van der Waals surface area contributed by atoms with Crippen molar-refractivity contribution in [2.45, 2.75) is 39.2 Å². The van der Waals surface area contributed by atoms with Crippen molar-refractivity contribution in [3.8, 4) is 0 Å². The molecule has 0 aromatic heterocycles. The molecule has 1 heterocycles. The first-order valence-electron chi connectivity index (χ1n) is 6.63. The van der Waals surface area contributed by atoms with E-state index in [-0.39, 0.29) is 17.7 Å². The van der Waals surface area contributed by atoms with Crippen LogP contribution in [0.4, 0.5) is 0 Å². The minimum absolute atomic E-state index is 0.0366. The zero-order valence-electron chi connectivity index (χ0n) is 11.8. The van der Waals surface area contributed by atoms with Crippen LogP contribution in [-0.4, -0.2) is 58.9 Å². The van der Waals surface area contributed by atoms with Crippen molar-refractivity contribution in [3.63, 3.8) is 0 Å². The number of piperidine rings is 1. The number of likely N-dealkylation sites (N-methyl/N-ethyl adjacent to an activating group) is 1. The predicted molar refractivity (Wildman–Crippen MR) is 69.5 cm³/mol. The number of carboxylic acids is 1. The molecule has 0 aliphatic carbocycles. The minimum Gasteiger partial charge on any atom is -0.480 e. The summed E-state index contributed by atoms with van der Waals surface area (Å²) in [6, 6.07) is -0.791. The number of carbonyl (C=O) groups is 3. The van der Waals surface area contributed by atoms with E-state index >= 15 is 0 Å². The molecule has 1 aliphatic rings. The lowest BCUT2D eigenvalue weighted by Gasteiger charge is -2.34. The van der Waals surface area contributed by atoms with Gasteiger partial charge in [-0.25, -0.2) is 4.79 Å². The molecule has 19 heavy (non-hydrogen) atoms. The van der Waals surface area contributed by atoms with Gasteiger partial charge in [0.1, 0.15) is 6.04 Å². The predicted octanol–water partition coefficient (Wildman–Crippen LogP) is 0.566. The fourth-order valence-electron chi connectivity index (χ4n) is 2.52. The number of amides is 2. The summed E-state index contributed by atoms with van der Waals surface area (Å²) >= 11 is 0. The van der Waals surface area contributed by atoms with Gasteiger partial charge in [0.05, 0.1) is 5.92 Å². The maximum absolute atomic E-state index is 12.3. The van der Waals surface area contributed by atoms with Crippen LogP contribution in [0.2, 0.25) is 0 Å². The molecule has 1 fully saturated rings. The highest BCUT2D eigenvalue weighted by atomic mass is 16.4. The third-order valence-corrected chi connectivity index (χ3v) is 3.70. The van der Waals surface area contributed by atoms with Crippen LogP contribution < -0.4 is 0 Å². The SMILES string of the molecule is CCC(C(=O)O)N(C)C(=O)C1CCCN(C(C)=O)C1. The molecule has 1 N–H and O–H groups in total. The fourth-order valence-corrected chi connectivity index (χ4v) is 2.52. The molecule has 1 aliphatic heterocycles. The molecule has 6 nitrogen and oxygen atoms in total. The molecule has 1 saturated heterocycles. The summed E-state index contributed by atoms with van der Waals surface area (Å²) in [5.74, 6) is -1.49. The van der Waals surface area contributed by atoms with Gasteiger partial charge in [-0.2, -0.15) is 0 Å². The molecule has 0 aromatic rings. The van der Waals surface area contributed by atoms with E-state index in [0.29, 0.717) is 25.9 Å². The summed E-state index contributed by atoms with van der Waals surface area (Å²) in [4.78, 5) is 37.7. The number of rotatable bonds is 4. The molecule has 2 unspecified atom stereocenters. The lowest BCUT2D eigenvalue weighted by molar-refractivity contribution is -0.152. The van der Waals surface area contributed by atoms with Gasteiger partial charge in [-0.15, -0.1) is 0 Å². The van der Waals surface area contributed by atoms with Gasteiger partial charge in [0.25, 0.3) is 0 Å². The van der Waals surface area contributed by atoms with Crippen LogP contribution in [0.15, 0.2) is 0 Å². The van der Waals surface area contributed by atoms with E-state index in [1.165, 1.54) is 18.9 Å². The van der Waals surface area contributed by atoms with E-state index in [0.717, 1.165) is 6.42 Å². The van der Waals surface area contributed by atoms with Crippen LogP contribution in [0.5, 0.6) is 0 Å². The van der Waals surface area contributed by atoms with Crippen LogP contribution in [0.3, 0.4) is 0 Å². The highest BCUT2D eigenvalue weighted by Gasteiger charge is 2.33. The van der Waals surface area contributed by atoms with Crippen molar-refractivity contribution < 1.29 is 19.5 Å². The Hall–Kier alpha value is -1.59. The van der Waals surface area contributed by atoms with Gasteiger partial charge >= 0.3 is 5.97 Å². The third kappa shape index (κ3) is 3.68. The van der Waals surface area contributed by atoms with Gasteiger partial charge in [0.2, 0.25) is 11.8 Å². The lowest BCUT2D eigenvalue weighted by atomic mass is 9.96. The second-order valence-corrected chi connectivity index (χ2v) is 5.02. The molecule has 0 aromatic carbocycles. The molecule has 2 atom stereocenters. The quantitative estimate of drug-likeness (QED) is 0.810. The molecule has 2 amide bonds. The lowest BCUT2D eigenvalue weighted by Crippen LogP contribution is -2.49. The van der Waals surface area contributed by atoms with Gasteiger partial charge in [0.15, 0.2) is 0 Å². The van der Waals surface area contributed by atoms with Crippen LogP contribution in [0.1, 0.15) is 33.1 Å². The first-order valence-corrected chi connectivity index (χ1v) is 6.63. The molecule has 0 bridgehead atoms. The van der Waals surface area contributed by atoms with Crippen molar-refractivity contribution >= 4 is 17.8 Å². The fraction of sp³-hybridized carbons (Fsp3) is 0.769. The third-order valence-electron chi connectivity index (χ3n) is 3.70. The second kappa shape index (κ2) is 6.54. The van der Waals surface area contributed by atoms with E-state index in [1.807, 2.05) is 0 Å². The number of aliphatic carboxylic acids is 1. The summed E-state index contributed by atoms with van der Waals surface area (Å²) < 4.78 is 0. The molecular weight excluding hydrogens is 248 g/mol. The minimum atomic E-state index is -0.988. The maximum Gasteiger partial charge on any atom is 0.326 e. The average Bonchev–Trinajstić information content (AvgIpc) is 2.38. The van der Waals surface area contributed by atoms with E-state index in [1.54, 1.807) is 11.8 Å². The Morgan fingerprint density at radius 3 is 2.53 bits per heavy atom. The standard InChI is InChI=1S/C13H22N2O4/c1-4-11(13(18)19)14(3)12(17)10-6-5-7-15(8-10)9(2)16/h10-11H,4-8H2,1-3H3,(H,18,19). The molecule has 0 spiro atoms. The topological polar surface area (TPSA) is 77.9 Å². The smallest absolute Gasteiger partial charge is 0.326 e. The zero-order chi connectivity index (χ0) is 14.6. The molecule has 0 saturated carbocycles. The van der Waals surface area contributed by atoms with Crippen LogP contribution >= 0.6 is 0 Å². The van der Waals surface area contributed by atoms with Crippen LogP contribution in [0.25, 0.3) is 0 Å². The summed E-state index contributed by atoms with van der Waals surface area (Å²) in [7, 11) is 1.53. The van der Waals surface area contributed by atoms with Gasteiger partial charge in [-0.05, 0) is 19.3 Å². The number of nitrogens with zero attached hydrogens (tertiary/aromatic N) is 2. The summed E-state index contributed by atoms with van der Waals surface area (Å²) in [6.07, 6.45) is 1.87. The van der Waals surface area contributed by atoms with Gasteiger partial charge in [-0.1, -0.05) is 6.92 Å². The van der Waals surface area contributed by atoms with Crippen molar-refractivity contribution in [3.05, 3.63) is 0 Å². The normalized spacial score (nSPS) is 20.8. The Labute approximate surface area is 113 Å². The number of likely N-dealkylation sites (tertiary alicyclic amines) is 1. The Bertz CT molecular complexity index is 370. The second-order valence-electron chi connectivity index (χ2n) is 5.02. The van der Waals surface area contributed by atoms with Crippen molar-refractivity contribution in [2.24, 2.45) is 5.92 Å². The van der Waals surface area contributed by atoms with Crippen molar-refractivity contribution in [1.82, 2.24) is 9.80 Å².